The van der Waals surface area contributed by atoms with Gasteiger partial charge in [0.1, 0.15) is 0 Å². The highest BCUT2D eigenvalue weighted by Crippen LogP contribution is 2.29. The molecule has 19 heavy (non-hydrogen) atoms. The third kappa shape index (κ3) is 2.40. The zero-order valence-corrected chi connectivity index (χ0v) is 10.7. The highest BCUT2D eigenvalue weighted by molar-refractivity contribution is 5.95. The molecule has 2 rings (SSSR count). The van der Waals surface area contributed by atoms with Gasteiger partial charge >= 0.3 is 5.69 Å². The summed E-state index contributed by atoms with van der Waals surface area (Å²) in [7, 11) is 1.36. The van der Waals surface area contributed by atoms with Crippen LogP contribution in [0.2, 0.25) is 0 Å². The Morgan fingerprint density at radius 1 is 1.32 bits per heavy atom. The fourth-order valence-corrected chi connectivity index (χ4v) is 2.55. The van der Waals surface area contributed by atoms with Crippen molar-refractivity contribution in [3.05, 3.63) is 26.4 Å². The van der Waals surface area contributed by atoms with Crippen LogP contribution in [0.15, 0.2) is 9.59 Å². The van der Waals surface area contributed by atoms with E-state index in [9.17, 15) is 19.5 Å². The highest BCUT2D eigenvalue weighted by Gasteiger charge is 2.25. The SMILES string of the molecule is CNC(=O)c1c(O)n(C2CCCCC2)c(=O)[nH]c1=O. The number of amides is 1. The largest absolute Gasteiger partial charge is 0.494 e. The van der Waals surface area contributed by atoms with Crippen molar-refractivity contribution in [1.29, 1.82) is 0 Å². The molecule has 0 atom stereocenters. The summed E-state index contributed by atoms with van der Waals surface area (Å²) in [5.74, 6) is -1.25. The topological polar surface area (TPSA) is 104 Å². The van der Waals surface area contributed by atoms with E-state index in [0.29, 0.717) is 0 Å². The van der Waals surface area contributed by atoms with Crippen molar-refractivity contribution < 1.29 is 9.90 Å². The molecule has 0 saturated heterocycles. The predicted molar refractivity (Wildman–Crippen MR) is 68.5 cm³/mol. The molecular formula is C12H17N3O4. The minimum absolute atomic E-state index is 0.165. The second kappa shape index (κ2) is 5.29. The first-order chi connectivity index (χ1) is 9.06. The first kappa shape index (κ1) is 13.4. The molecule has 0 bridgehead atoms. The lowest BCUT2D eigenvalue weighted by Gasteiger charge is -2.24. The van der Waals surface area contributed by atoms with Crippen LogP contribution in [-0.4, -0.2) is 27.6 Å². The fourth-order valence-electron chi connectivity index (χ4n) is 2.55. The molecule has 0 aromatic carbocycles. The third-order valence-corrected chi connectivity index (χ3v) is 3.51. The lowest BCUT2D eigenvalue weighted by molar-refractivity contribution is 0.0956. The summed E-state index contributed by atoms with van der Waals surface area (Å²) in [6.07, 6.45) is 4.53. The quantitative estimate of drug-likeness (QED) is 0.707. The Balaban J connectivity index is 2.57. The van der Waals surface area contributed by atoms with Crippen molar-refractivity contribution in [3.8, 4) is 5.88 Å². The van der Waals surface area contributed by atoms with Crippen LogP contribution < -0.4 is 16.6 Å². The van der Waals surface area contributed by atoms with Gasteiger partial charge in [0.2, 0.25) is 5.88 Å². The zero-order valence-electron chi connectivity index (χ0n) is 10.7. The molecular weight excluding hydrogens is 250 g/mol. The van der Waals surface area contributed by atoms with Gasteiger partial charge in [-0.05, 0) is 12.8 Å². The summed E-state index contributed by atoms with van der Waals surface area (Å²) < 4.78 is 1.13. The van der Waals surface area contributed by atoms with Crippen molar-refractivity contribution in [3.63, 3.8) is 0 Å². The van der Waals surface area contributed by atoms with Gasteiger partial charge in [-0.2, -0.15) is 0 Å². The van der Waals surface area contributed by atoms with Crippen molar-refractivity contribution in [2.24, 2.45) is 0 Å². The molecule has 3 N–H and O–H groups in total. The second-order valence-electron chi connectivity index (χ2n) is 4.70. The second-order valence-corrected chi connectivity index (χ2v) is 4.70. The van der Waals surface area contributed by atoms with Gasteiger partial charge in [-0.1, -0.05) is 19.3 Å². The Labute approximate surface area is 109 Å². The summed E-state index contributed by atoms with van der Waals surface area (Å²) in [5.41, 5.74) is -1.94. The average Bonchev–Trinajstić information content (AvgIpc) is 2.39. The van der Waals surface area contributed by atoms with Gasteiger partial charge in [0, 0.05) is 13.1 Å². The Morgan fingerprint density at radius 2 is 1.95 bits per heavy atom. The number of aromatic hydroxyl groups is 1. The monoisotopic (exact) mass is 267 g/mol. The van der Waals surface area contributed by atoms with E-state index < -0.39 is 28.6 Å². The number of aromatic nitrogens is 2. The zero-order chi connectivity index (χ0) is 14.0. The minimum atomic E-state index is -0.867. The van der Waals surface area contributed by atoms with Crippen LogP contribution in [0.4, 0.5) is 0 Å². The molecule has 1 aromatic rings. The van der Waals surface area contributed by atoms with Crippen molar-refractivity contribution in [1.82, 2.24) is 14.9 Å². The van der Waals surface area contributed by atoms with Gasteiger partial charge < -0.3 is 10.4 Å². The van der Waals surface area contributed by atoms with Gasteiger partial charge in [-0.15, -0.1) is 0 Å². The molecule has 1 saturated carbocycles. The number of hydrogen-bond acceptors (Lipinski definition) is 4. The average molecular weight is 267 g/mol. The Morgan fingerprint density at radius 3 is 2.53 bits per heavy atom. The molecule has 104 valence electrons. The maximum absolute atomic E-state index is 11.8. The normalized spacial score (nSPS) is 16.3. The van der Waals surface area contributed by atoms with Crippen molar-refractivity contribution in [2.75, 3.05) is 7.05 Å². The third-order valence-electron chi connectivity index (χ3n) is 3.51. The predicted octanol–water partition coefficient (Wildman–Crippen LogP) is 0.107. The van der Waals surface area contributed by atoms with Crippen LogP contribution in [-0.2, 0) is 0 Å². The van der Waals surface area contributed by atoms with Crippen LogP contribution in [0.5, 0.6) is 5.88 Å². The van der Waals surface area contributed by atoms with Crippen LogP contribution in [0.3, 0.4) is 0 Å². The fraction of sp³-hybridized carbons (Fsp3) is 0.583. The standard InChI is InChI=1S/C12H17N3O4/c1-13-9(16)8-10(17)14-12(19)15(11(8)18)7-5-3-2-4-6-7/h7,18H,2-6H2,1H3,(H,13,16)(H,14,17,19). The Kier molecular flexibility index (Phi) is 3.73. The number of rotatable bonds is 2. The number of nitrogens with one attached hydrogen (secondary N) is 2. The van der Waals surface area contributed by atoms with E-state index in [1.54, 1.807) is 0 Å². The number of carbonyl (C=O) groups excluding carboxylic acids is 1. The van der Waals surface area contributed by atoms with E-state index in [1.165, 1.54) is 7.05 Å². The molecule has 7 heteroatoms. The van der Waals surface area contributed by atoms with Gasteiger partial charge in [-0.3, -0.25) is 19.1 Å². The summed E-state index contributed by atoms with van der Waals surface area (Å²) in [6, 6.07) is -0.165. The maximum atomic E-state index is 11.8. The van der Waals surface area contributed by atoms with E-state index in [-0.39, 0.29) is 6.04 Å². The summed E-state index contributed by atoms with van der Waals surface area (Å²) in [5, 5.41) is 12.4. The van der Waals surface area contributed by atoms with Gasteiger partial charge in [-0.25, -0.2) is 4.79 Å². The van der Waals surface area contributed by atoms with Gasteiger partial charge in [0.05, 0.1) is 0 Å². The van der Waals surface area contributed by atoms with E-state index >= 15 is 0 Å². The lowest BCUT2D eigenvalue weighted by atomic mass is 9.95. The Hall–Kier alpha value is -2.05. The van der Waals surface area contributed by atoms with E-state index in [2.05, 4.69) is 10.3 Å². The first-order valence-electron chi connectivity index (χ1n) is 6.36. The lowest BCUT2D eigenvalue weighted by Crippen LogP contribution is -2.38. The number of aromatic amines is 1. The number of hydrogen-bond donors (Lipinski definition) is 3. The van der Waals surface area contributed by atoms with E-state index in [4.69, 9.17) is 0 Å². The number of carbonyl (C=O) groups is 1. The highest BCUT2D eigenvalue weighted by atomic mass is 16.3. The molecule has 1 aromatic heterocycles. The van der Waals surface area contributed by atoms with Gasteiger partial charge in [0.25, 0.3) is 11.5 Å². The molecule has 0 aliphatic heterocycles. The molecule has 1 amide bonds. The molecule has 1 aliphatic carbocycles. The molecule has 0 unspecified atom stereocenters. The van der Waals surface area contributed by atoms with Crippen LogP contribution >= 0.6 is 0 Å². The number of nitrogens with zero attached hydrogens (tertiary/aromatic N) is 1. The molecule has 7 nitrogen and oxygen atoms in total. The van der Waals surface area contributed by atoms with Crippen molar-refractivity contribution in [2.45, 2.75) is 38.1 Å². The molecule has 0 radical (unpaired) electrons. The molecule has 1 aliphatic rings. The number of H-pyrrole nitrogens is 1. The van der Waals surface area contributed by atoms with Crippen LogP contribution in [0.25, 0.3) is 0 Å². The summed E-state index contributed by atoms with van der Waals surface area (Å²) in [4.78, 5) is 37.1. The van der Waals surface area contributed by atoms with Crippen LogP contribution in [0.1, 0.15) is 48.5 Å². The molecule has 0 spiro atoms. The van der Waals surface area contributed by atoms with E-state index in [1.807, 2.05) is 0 Å². The van der Waals surface area contributed by atoms with Crippen LogP contribution in [0, 0.1) is 0 Å². The summed E-state index contributed by atoms with van der Waals surface area (Å²) in [6.45, 7) is 0. The maximum Gasteiger partial charge on any atom is 0.331 e. The first-order valence-corrected chi connectivity index (χ1v) is 6.36. The molecule has 1 heterocycles. The molecule has 1 fully saturated rings. The van der Waals surface area contributed by atoms with Gasteiger partial charge in [0.15, 0.2) is 5.56 Å². The minimum Gasteiger partial charge on any atom is -0.494 e. The van der Waals surface area contributed by atoms with Crippen molar-refractivity contribution >= 4 is 5.91 Å². The smallest absolute Gasteiger partial charge is 0.331 e. The van der Waals surface area contributed by atoms with E-state index in [0.717, 1.165) is 36.7 Å². The summed E-state index contributed by atoms with van der Waals surface area (Å²) >= 11 is 0. The Bertz CT molecular complexity index is 596.